The number of fused-ring (bicyclic) bond motifs is 1. The third kappa shape index (κ3) is 7.87. The number of likely N-dealkylation sites (N-methyl/N-ethyl adjacent to an activating group) is 2. The first-order valence-electron chi connectivity index (χ1n) is 16.9. The molecular formula is C36H50N8O4. The number of benzene rings is 2. The van der Waals surface area contributed by atoms with Gasteiger partial charge in [0.2, 0.25) is 17.7 Å². The normalized spacial score (nSPS) is 19.9. The van der Waals surface area contributed by atoms with E-state index in [2.05, 4.69) is 67.4 Å². The van der Waals surface area contributed by atoms with E-state index in [1.165, 1.54) is 31.8 Å². The Morgan fingerprint density at radius 1 is 1.02 bits per heavy atom. The van der Waals surface area contributed by atoms with Gasteiger partial charge in [-0.05, 0) is 88.3 Å². The second kappa shape index (κ2) is 14.9. The maximum Gasteiger partial charge on any atom is 0.247 e. The minimum Gasteiger partial charge on any atom is -0.494 e. The first kappa shape index (κ1) is 35.0. The van der Waals surface area contributed by atoms with E-state index in [0.29, 0.717) is 53.5 Å². The topological polar surface area (TPSA) is 141 Å². The van der Waals surface area contributed by atoms with Crippen molar-refractivity contribution in [1.82, 2.24) is 30.4 Å². The largest absolute Gasteiger partial charge is 0.494 e. The van der Waals surface area contributed by atoms with Gasteiger partial charge in [0.05, 0.1) is 24.4 Å². The Hall–Kier alpha value is -4.29. The Morgan fingerprint density at radius 2 is 1.75 bits per heavy atom. The number of piperidine rings is 1. The van der Waals surface area contributed by atoms with Crippen LogP contribution in [0, 0.1) is 5.41 Å². The standard InChI is InChI=1S/C36H50N8O4/c1-22(37-5)33(45)42-31(36(2,3)4)35(47)44-17-9-11-29(44)34(46)41-28-18-26-27(19-30(28)48-7)38-21-39-32(26)40-25-14-12-23(13-15-25)24-10-8-16-43(6)20-24/h12-15,18-19,21-22,24,29,31,37H,8-11,16-17,20H2,1-7H3,(H,41,46)(H,42,45)(H,38,39,40)/t22-,24?,29?,31+/m0/s1. The fraction of sp³-hybridized carbons (Fsp3) is 0.528. The maximum absolute atomic E-state index is 13.9. The van der Waals surface area contributed by atoms with Crippen LogP contribution in [0.15, 0.2) is 42.7 Å². The van der Waals surface area contributed by atoms with Gasteiger partial charge in [-0.3, -0.25) is 14.4 Å². The lowest BCUT2D eigenvalue weighted by molar-refractivity contribution is -0.143. The Morgan fingerprint density at radius 3 is 2.42 bits per heavy atom. The van der Waals surface area contributed by atoms with E-state index in [1.54, 1.807) is 31.0 Å². The Bertz CT molecular complexity index is 1620. The van der Waals surface area contributed by atoms with E-state index in [-0.39, 0.29) is 17.7 Å². The molecule has 258 valence electrons. The third-order valence-corrected chi connectivity index (χ3v) is 9.55. The lowest BCUT2D eigenvalue weighted by Gasteiger charge is -2.36. The van der Waals surface area contributed by atoms with Crippen molar-refractivity contribution < 1.29 is 19.1 Å². The molecule has 2 saturated heterocycles. The molecule has 4 N–H and O–H groups in total. The molecule has 3 heterocycles. The molecule has 3 amide bonds. The predicted molar refractivity (Wildman–Crippen MR) is 189 cm³/mol. The molecule has 0 saturated carbocycles. The van der Waals surface area contributed by atoms with Crippen molar-refractivity contribution in [2.45, 2.75) is 77.4 Å². The highest BCUT2D eigenvalue weighted by atomic mass is 16.5. The Labute approximate surface area is 283 Å². The molecule has 5 rings (SSSR count). The van der Waals surface area contributed by atoms with Gasteiger partial charge in [0.25, 0.3) is 0 Å². The van der Waals surface area contributed by atoms with Crippen molar-refractivity contribution >= 4 is 45.8 Å². The number of amides is 3. The molecule has 0 radical (unpaired) electrons. The highest BCUT2D eigenvalue weighted by Crippen LogP contribution is 2.35. The van der Waals surface area contributed by atoms with Gasteiger partial charge < -0.3 is 35.8 Å². The van der Waals surface area contributed by atoms with E-state index in [1.807, 2.05) is 20.8 Å². The SMILES string of the molecule is CN[C@@H](C)C(=O)N[C@H](C(=O)N1CCCC1C(=O)Nc1cc2c(Nc3ccc(C4CCCN(C)C4)cc3)ncnc2cc1OC)C(C)(C)C. The minimum absolute atomic E-state index is 0.272. The van der Waals surface area contributed by atoms with E-state index in [0.717, 1.165) is 18.8 Å². The van der Waals surface area contributed by atoms with Crippen LogP contribution >= 0.6 is 0 Å². The smallest absolute Gasteiger partial charge is 0.247 e. The number of carbonyl (C=O) groups excluding carboxylic acids is 3. The van der Waals surface area contributed by atoms with Gasteiger partial charge >= 0.3 is 0 Å². The van der Waals surface area contributed by atoms with Crippen LogP contribution in [0.3, 0.4) is 0 Å². The van der Waals surface area contributed by atoms with Crippen LogP contribution in [0.25, 0.3) is 10.9 Å². The lowest BCUT2D eigenvalue weighted by Crippen LogP contribution is -2.59. The van der Waals surface area contributed by atoms with Gasteiger partial charge in [-0.25, -0.2) is 9.97 Å². The Kier molecular flexibility index (Phi) is 10.8. The molecule has 2 aliphatic heterocycles. The summed E-state index contributed by atoms with van der Waals surface area (Å²) >= 11 is 0. The number of ether oxygens (including phenoxy) is 1. The molecule has 1 aromatic heterocycles. The number of nitrogens with zero attached hydrogens (tertiary/aromatic N) is 4. The molecule has 2 fully saturated rings. The molecule has 0 aliphatic carbocycles. The summed E-state index contributed by atoms with van der Waals surface area (Å²) in [6, 6.07) is 10.1. The highest BCUT2D eigenvalue weighted by Gasteiger charge is 2.42. The van der Waals surface area contributed by atoms with Crippen molar-refractivity contribution in [1.29, 1.82) is 0 Å². The maximum atomic E-state index is 13.9. The molecule has 12 heteroatoms. The van der Waals surface area contributed by atoms with Crippen molar-refractivity contribution in [2.75, 3.05) is 51.5 Å². The van der Waals surface area contributed by atoms with Gasteiger partial charge in [-0.15, -0.1) is 0 Å². The first-order valence-corrected chi connectivity index (χ1v) is 16.9. The van der Waals surface area contributed by atoms with E-state index < -0.39 is 23.5 Å². The molecule has 3 aromatic rings. The van der Waals surface area contributed by atoms with Gasteiger partial charge in [-0.1, -0.05) is 32.9 Å². The molecule has 2 aromatic carbocycles. The minimum atomic E-state index is -0.798. The number of rotatable bonds is 10. The molecule has 4 atom stereocenters. The summed E-state index contributed by atoms with van der Waals surface area (Å²) in [5, 5.41) is 13.0. The number of methoxy groups -OCH3 is 1. The van der Waals surface area contributed by atoms with Gasteiger partial charge in [0.15, 0.2) is 0 Å². The van der Waals surface area contributed by atoms with Crippen LogP contribution in [0.1, 0.15) is 64.9 Å². The third-order valence-electron chi connectivity index (χ3n) is 9.55. The number of likely N-dealkylation sites (tertiary alicyclic amines) is 2. The zero-order chi connectivity index (χ0) is 34.6. The molecular weight excluding hydrogens is 608 g/mol. The predicted octanol–water partition coefficient (Wildman–Crippen LogP) is 4.26. The molecule has 0 spiro atoms. The average molecular weight is 659 g/mol. The first-order chi connectivity index (χ1) is 22.9. The van der Waals surface area contributed by atoms with Gasteiger partial charge in [0.1, 0.15) is 30.0 Å². The van der Waals surface area contributed by atoms with Crippen LogP contribution in [-0.2, 0) is 14.4 Å². The van der Waals surface area contributed by atoms with Crippen molar-refractivity contribution in [3.63, 3.8) is 0 Å². The monoisotopic (exact) mass is 658 g/mol. The van der Waals surface area contributed by atoms with E-state index >= 15 is 0 Å². The molecule has 48 heavy (non-hydrogen) atoms. The lowest BCUT2D eigenvalue weighted by atomic mass is 9.85. The zero-order valence-corrected chi connectivity index (χ0v) is 29.2. The van der Waals surface area contributed by atoms with Crippen LogP contribution in [0.4, 0.5) is 17.2 Å². The average Bonchev–Trinajstić information content (AvgIpc) is 3.57. The number of hydrogen-bond donors (Lipinski definition) is 4. The summed E-state index contributed by atoms with van der Waals surface area (Å²) in [6.07, 6.45) is 5.08. The van der Waals surface area contributed by atoms with Crippen LogP contribution in [0.2, 0.25) is 0 Å². The number of hydrogen-bond acceptors (Lipinski definition) is 9. The van der Waals surface area contributed by atoms with E-state index in [4.69, 9.17) is 4.74 Å². The number of anilines is 3. The summed E-state index contributed by atoms with van der Waals surface area (Å²) in [5.41, 5.74) is 2.77. The van der Waals surface area contributed by atoms with Crippen molar-refractivity contribution in [2.24, 2.45) is 5.41 Å². The molecule has 0 bridgehead atoms. The number of nitrogens with one attached hydrogen (secondary N) is 4. The van der Waals surface area contributed by atoms with Crippen LogP contribution in [0.5, 0.6) is 5.75 Å². The number of carbonyl (C=O) groups is 3. The van der Waals surface area contributed by atoms with Crippen molar-refractivity contribution in [3.05, 3.63) is 48.3 Å². The van der Waals surface area contributed by atoms with Gasteiger partial charge in [0, 0.05) is 30.2 Å². The van der Waals surface area contributed by atoms with Crippen LogP contribution in [-0.4, -0.2) is 96.5 Å². The number of aromatic nitrogens is 2. The van der Waals surface area contributed by atoms with Gasteiger partial charge in [-0.2, -0.15) is 0 Å². The van der Waals surface area contributed by atoms with Crippen molar-refractivity contribution in [3.8, 4) is 5.75 Å². The molecule has 2 unspecified atom stereocenters. The van der Waals surface area contributed by atoms with Crippen LogP contribution < -0.4 is 26.0 Å². The molecule has 2 aliphatic rings. The highest BCUT2D eigenvalue weighted by molar-refractivity contribution is 6.03. The zero-order valence-electron chi connectivity index (χ0n) is 29.2. The Balaban J connectivity index is 1.35. The summed E-state index contributed by atoms with van der Waals surface area (Å²) in [5.74, 6) is 0.703. The second-order valence-electron chi connectivity index (χ2n) is 14.1. The summed E-state index contributed by atoms with van der Waals surface area (Å²) < 4.78 is 5.65. The summed E-state index contributed by atoms with van der Waals surface area (Å²) in [6.45, 7) is 10.1. The second-order valence-corrected chi connectivity index (χ2v) is 14.1. The summed E-state index contributed by atoms with van der Waals surface area (Å²) in [7, 11) is 5.41. The summed E-state index contributed by atoms with van der Waals surface area (Å²) in [4.78, 5) is 53.5. The quantitative estimate of drug-likeness (QED) is 0.252. The fourth-order valence-corrected chi connectivity index (χ4v) is 6.60. The fourth-order valence-electron chi connectivity index (χ4n) is 6.60. The van der Waals surface area contributed by atoms with E-state index in [9.17, 15) is 14.4 Å². The molecule has 12 nitrogen and oxygen atoms in total.